The lowest BCUT2D eigenvalue weighted by atomic mass is 10.1. The second-order valence-corrected chi connectivity index (χ2v) is 4.87. The molecule has 1 aliphatic heterocycles. The molecule has 1 aromatic carbocycles. The molecule has 1 aromatic heterocycles. The molecule has 5 nitrogen and oxygen atoms in total. The van der Waals surface area contributed by atoms with Gasteiger partial charge in [-0.2, -0.15) is 0 Å². The van der Waals surface area contributed by atoms with Crippen molar-refractivity contribution in [2.45, 2.75) is 6.42 Å². The molecule has 0 N–H and O–H groups in total. The number of imidazole rings is 1. The highest BCUT2D eigenvalue weighted by molar-refractivity contribution is 5.95. The molecule has 0 spiro atoms. The van der Waals surface area contributed by atoms with E-state index in [0.29, 0.717) is 13.0 Å². The van der Waals surface area contributed by atoms with Gasteiger partial charge in [0.2, 0.25) is 5.91 Å². The number of carbonyl (C=O) groups excluding carboxylic acids is 1. The summed E-state index contributed by atoms with van der Waals surface area (Å²) in [6.07, 6.45) is 3.82. The Hall–Kier alpha value is -2.74. The molecule has 0 saturated heterocycles. The molecular formula is C16H15N3O2. The zero-order chi connectivity index (χ0) is 14.8. The Morgan fingerprint density at radius 3 is 2.90 bits per heavy atom. The highest BCUT2D eigenvalue weighted by Crippen LogP contribution is 2.31. The van der Waals surface area contributed by atoms with Gasteiger partial charge in [0.1, 0.15) is 11.4 Å². The lowest BCUT2D eigenvalue weighted by Crippen LogP contribution is -2.25. The van der Waals surface area contributed by atoms with E-state index in [9.17, 15) is 4.79 Å². The van der Waals surface area contributed by atoms with Crippen LogP contribution in [0.15, 0.2) is 30.7 Å². The minimum Gasteiger partial charge on any atom is -0.491 e. The zero-order valence-corrected chi connectivity index (χ0v) is 12.0. The van der Waals surface area contributed by atoms with Crippen molar-refractivity contribution in [1.82, 2.24) is 9.55 Å². The minimum absolute atomic E-state index is 0.0468. The molecule has 1 aliphatic rings. The van der Waals surface area contributed by atoms with Crippen molar-refractivity contribution >= 4 is 11.6 Å². The van der Waals surface area contributed by atoms with Gasteiger partial charge in [0, 0.05) is 19.7 Å². The maximum absolute atomic E-state index is 11.9. The highest BCUT2D eigenvalue weighted by atomic mass is 16.5. The van der Waals surface area contributed by atoms with Gasteiger partial charge < -0.3 is 14.2 Å². The van der Waals surface area contributed by atoms with Gasteiger partial charge in [-0.3, -0.25) is 4.79 Å². The van der Waals surface area contributed by atoms with E-state index < -0.39 is 0 Å². The molecule has 1 amide bonds. The largest absolute Gasteiger partial charge is 0.491 e. The van der Waals surface area contributed by atoms with Crippen LogP contribution in [0.1, 0.15) is 17.7 Å². The van der Waals surface area contributed by atoms with Crippen LogP contribution in [0.3, 0.4) is 0 Å². The summed E-state index contributed by atoms with van der Waals surface area (Å²) in [5.41, 5.74) is 2.43. The van der Waals surface area contributed by atoms with Gasteiger partial charge in [-0.25, -0.2) is 4.98 Å². The first-order valence-corrected chi connectivity index (χ1v) is 6.67. The van der Waals surface area contributed by atoms with E-state index in [2.05, 4.69) is 16.8 Å². The van der Waals surface area contributed by atoms with Crippen molar-refractivity contribution < 1.29 is 9.53 Å². The van der Waals surface area contributed by atoms with Crippen molar-refractivity contribution in [3.8, 4) is 17.6 Å². The van der Waals surface area contributed by atoms with Crippen LogP contribution in [0.5, 0.6) is 5.75 Å². The highest BCUT2D eigenvalue weighted by Gasteiger charge is 2.19. The van der Waals surface area contributed by atoms with Crippen molar-refractivity contribution in [2.75, 3.05) is 18.6 Å². The number of aromatic nitrogens is 2. The monoisotopic (exact) mass is 281 g/mol. The van der Waals surface area contributed by atoms with E-state index in [-0.39, 0.29) is 5.91 Å². The predicted molar refractivity (Wildman–Crippen MR) is 79.2 cm³/mol. The van der Waals surface area contributed by atoms with Crippen LogP contribution in [0.2, 0.25) is 0 Å². The van der Waals surface area contributed by atoms with Gasteiger partial charge in [0.25, 0.3) is 0 Å². The number of aryl methyl sites for hydroxylation is 1. The molecule has 0 atom stereocenters. The van der Waals surface area contributed by atoms with E-state index in [0.717, 1.165) is 22.7 Å². The van der Waals surface area contributed by atoms with Crippen molar-refractivity contribution in [3.63, 3.8) is 0 Å². The number of anilines is 1. The molecule has 0 fully saturated rings. The quantitative estimate of drug-likeness (QED) is 0.689. The number of hydrogen-bond donors (Lipinski definition) is 0. The van der Waals surface area contributed by atoms with E-state index in [1.807, 2.05) is 29.8 Å². The fraction of sp³-hybridized carbons (Fsp3) is 0.250. The summed E-state index contributed by atoms with van der Waals surface area (Å²) >= 11 is 0. The summed E-state index contributed by atoms with van der Waals surface area (Å²) in [6.45, 7) is 0.413. The third kappa shape index (κ3) is 2.61. The van der Waals surface area contributed by atoms with E-state index in [1.165, 1.54) is 0 Å². The molecule has 0 saturated carbocycles. The summed E-state index contributed by atoms with van der Waals surface area (Å²) in [6, 6.07) is 5.63. The van der Waals surface area contributed by atoms with Crippen molar-refractivity contribution in [1.29, 1.82) is 0 Å². The van der Waals surface area contributed by atoms with Gasteiger partial charge in [0.05, 0.1) is 31.2 Å². The SMILES string of the molecule is CN1C(=O)CCOc2ccc(C#Cc3cncn3C)cc21. The molecule has 0 aliphatic carbocycles. The van der Waals surface area contributed by atoms with Crippen LogP contribution < -0.4 is 9.64 Å². The first-order valence-electron chi connectivity index (χ1n) is 6.67. The Morgan fingerprint density at radius 2 is 2.14 bits per heavy atom. The van der Waals surface area contributed by atoms with Crippen LogP contribution in [-0.2, 0) is 11.8 Å². The summed E-state index contributed by atoms with van der Waals surface area (Å²) < 4.78 is 7.45. The number of benzene rings is 1. The number of ether oxygens (including phenoxy) is 1. The van der Waals surface area contributed by atoms with Crippen LogP contribution in [0.25, 0.3) is 0 Å². The molecule has 106 valence electrons. The van der Waals surface area contributed by atoms with Gasteiger partial charge in [0.15, 0.2) is 0 Å². The summed E-state index contributed by atoms with van der Waals surface area (Å²) in [5.74, 6) is 6.92. The standard InChI is InChI=1S/C16H15N3O2/c1-18-11-17-10-13(18)5-3-12-4-6-15-14(9-12)19(2)16(20)7-8-21-15/h4,6,9-11H,7-8H2,1-2H3. The predicted octanol–water partition coefficient (Wildman–Crippen LogP) is 1.57. The number of nitrogens with zero attached hydrogens (tertiary/aromatic N) is 3. The second kappa shape index (κ2) is 5.33. The Morgan fingerprint density at radius 1 is 1.29 bits per heavy atom. The lowest BCUT2D eigenvalue weighted by molar-refractivity contribution is -0.118. The maximum Gasteiger partial charge on any atom is 0.230 e. The smallest absolute Gasteiger partial charge is 0.230 e. The topological polar surface area (TPSA) is 47.4 Å². The Bertz CT molecular complexity index is 752. The van der Waals surface area contributed by atoms with Gasteiger partial charge >= 0.3 is 0 Å². The van der Waals surface area contributed by atoms with Crippen LogP contribution >= 0.6 is 0 Å². The first-order chi connectivity index (χ1) is 10.1. The number of rotatable bonds is 0. The summed E-state index contributed by atoms with van der Waals surface area (Å²) in [4.78, 5) is 17.5. The number of fused-ring (bicyclic) bond motifs is 1. The zero-order valence-electron chi connectivity index (χ0n) is 12.0. The van der Waals surface area contributed by atoms with E-state index in [4.69, 9.17) is 4.74 Å². The molecule has 2 heterocycles. The van der Waals surface area contributed by atoms with Gasteiger partial charge in [-0.1, -0.05) is 5.92 Å². The van der Waals surface area contributed by atoms with Crippen LogP contribution in [-0.4, -0.2) is 29.1 Å². The molecule has 0 radical (unpaired) electrons. The van der Waals surface area contributed by atoms with E-state index in [1.54, 1.807) is 24.5 Å². The summed E-state index contributed by atoms with van der Waals surface area (Å²) in [7, 11) is 3.66. The third-order valence-electron chi connectivity index (χ3n) is 3.42. The molecule has 5 heteroatoms. The van der Waals surface area contributed by atoms with Crippen molar-refractivity contribution in [2.24, 2.45) is 7.05 Å². The molecule has 3 rings (SSSR count). The average Bonchev–Trinajstić information content (AvgIpc) is 2.84. The molecular weight excluding hydrogens is 266 g/mol. The average molecular weight is 281 g/mol. The normalized spacial score (nSPS) is 13.8. The first kappa shape index (κ1) is 13.3. The Labute approximate surface area is 123 Å². The maximum atomic E-state index is 11.9. The van der Waals surface area contributed by atoms with Gasteiger partial charge in [-0.15, -0.1) is 0 Å². The molecule has 2 aromatic rings. The third-order valence-corrected chi connectivity index (χ3v) is 3.42. The van der Waals surface area contributed by atoms with Crippen LogP contribution in [0.4, 0.5) is 5.69 Å². The minimum atomic E-state index is 0.0468. The molecule has 21 heavy (non-hydrogen) atoms. The van der Waals surface area contributed by atoms with Crippen molar-refractivity contribution in [3.05, 3.63) is 42.0 Å². The van der Waals surface area contributed by atoms with Crippen LogP contribution in [0, 0.1) is 11.8 Å². The fourth-order valence-electron chi connectivity index (χ4n) is 2.14. The van der Waals surface area contributed by atoms with E-state index >= 15 is 0 Å². The Kier molecular flexibility index (Phi) is 3.36. The van der Waals surface area contributed by atoms with Gasteiger partial charge in [-0.05, 0) is 24.1 Å². The molecule has 0 unspecified atom stereocenters. The fourth-order valence-corrected chi connectivity index (χ4v) is 2.14. The summed E-state index contributed by atoms with van der Waals surface area (Å²) in [5, 5.41) is 0. The second-order valence-electron chi connectivity index (χ2n) is 4.87. The number of amides is 1. The number of carbonyl (C=O) groups is 1. The molecule has 0 bridgehead atoms. The lowest BCUT2D eigenvalue weighted by Gasteiger charge is -2.16. The Balaban J connectivity index is 1.96. The number of hydrogen-bond acceptors (Lipinski definition) is 3.